The van der Waals surface area contributed by atoms with Gasteiger partial charge in [-0.05, 0) is 43.2 Å². The van der Waals surface area contributed by atoms with Crippen molar-refractivity contribution >= 4 is 17.9 Å². The second-order valence-corrected chi connectivity index (χ2v) is 7.27. The maximum absolute atomic E-state index is 12.2. The van der Waals surface area contributed by atoms with Crippen LogP contribution in [0.1, 0.15) is 46.5 Å². The first-order chi connectivity index (χ1) is 8.47. The van der Waals surface area contributed by atoms with Gasteiger partial charge in [-0.1, -0.05) is 20.8 Å². The molecular formula is C14H19NO2S. The fourth-order valence-corrected chi connectivity index (χ4v) is 3.92. The smallest absolute Gasteiger partial charge is 0.339 e. The first kappa shape index (κ1) is 12.2. The van der Waals surface area contributed by atoms with E-state index in [9.17, 15) is 4.79 Å². The standard InChI is InChI=1S/C14H19NO2S/c1-14(2,3)11-8-15-12(13(16)17-11)9-6-4-5-7-10(9)18-15/h8,12H,4-7H2,1-3H3. The molecule has 3 nitrogen and oxygen atoms in total. The van der Waals surface area contributed by atoms with E-state index in [1.807, 2.05) is 6.20 Å². The second-order valence-electron chi connectivity index (χ2n) is 6.17. The van der Waals surface area contributed by atoms with Crippen molar-refractivity contribution in [3.63, 3.8) is 0 Å². The lowest BCUT2D eigenvalue weighted by molar-refractivity contribution is -0.145. The highest BCUT2D eigenvalue weighted by molar-refractivity contribution is 8.01. The van der Waals surface area contributed by atoms with Crippen molar-refractivity contribution in [1.29, 1.82) is 0 Å². The number of rotatable bonds is 0. The van der Waals surface area contributed by atoms with Crippen LogP contribution in [0.4, 0.5) is 0 Å². The molecule has 0 amide bonds. The van der Waals surface area contributed by atoms with E-state index in [4.69, 9.17) is 4.74 Å². The Kier molecular flexibility index (Phi) is 2.73. The zero-order valence-electron chi connectivity index (χ0n) is 11.2. The van der Waals surface area contributed by atoms with Crippen molar-refractivity contribution in [3.8, 4) is 0 Å². The summed E-state index contributed by atoms with van der Waals surface area (Å²) >= 11 is 1.74. The average Bonchev–Trinajstić information content (AvgIpc) is 2.66. The molecule has 0 radical (unpaired) electrons. The third-order valence-electron chi connectivity index (χ3n) is 3.68. The second kappa shape index (κ2) is 4.05. The van der Waals surface area contributed by atoms with Gasteiger partial charge in [0, 0.05) is 10.3 Å². The van der Waals surface area contributed by atoms with Crippen LogP contribution in [-0.4, -0.2) is 16.3 Å². The summed E-state index contributed by atoms with van der Waals surface area (Å²) < 4.78 is 7.65. The van der Waals surface area contributed by atoms with Gasteiger partial charge in [0.2, 0.25) is 0 Å². The van der Waals surface area contributed by atoms with E-state index in [1.54, 1.807) is 11.9 Å². The maximum atomic E-state index is 12.2. The van der Waals surface area contributed by atoms with Crippen LogP contribution in [-0.2, 0) is 9.53 Å². The van der Waals surface area contributed by atoms with E-state index >= 15 is 0 Å². The van der Waals surface area contributed by atoms with E-state index < -0.39 is 0 Å². The summed E-state index contributed by atoms with van der Waals surface area (Å²) in [7, 11) is 0. The molecule has 3 rings (SSSR count). The highest BCUT2D eigenvalue weighted by Gasteiger charge is 2.43. The Hall–Kier alpha value is -0.900. The van der Waals surface area contributed by atoms with E-state index in [0.717, 1.165) is 18.6 Å². The monoisotopic (exact) mass is 265 g/mol. The third kappa shape index (κ3) is 1.87. The van der Waals surface area contributed by atoms with Crippen LogP contribution in [0.25, 0.3) is 0 Å². The predicted octanol–water partition coefficient (Wildman–Crippen LogP) is 3.59. The van der Waals surface area contributed by atoms with Gasteiger partial charge in [-0.3, -0.25) is 4.31 Å². The minimum atomic E-state index is -0.156. The van der Waals surface area contributed by atoms with Crippen LogP contribution in [0.2, 0.25) is 0 Å². The molecule has 4 heteroatoms. The summed E-state index contributed by atoms with van der Waals surface area (Å²) in [6, 6.07) is -0.156. The van der Waals surface area contributed by atoms with Crippen molar-refractivity contribution in [2.45, 2.75) is 52.5 Å². The number of hydrogen-bond acceptors (Lipinski definition) is 4. The molecule has 2 heterocycles. The van der Waals surface area contributed by atoms with Crippen LogP contribution in [0, 0.1) is 5.41 Å². The number of cyclic esters (lactones) is 1. The first-order valence-corrected chi connectivity index (χ1v) is 7.36. The van der Waals surface area contributed by atoms with Crippen LogP contribution in [0.15, 0.2) is 22.4 Å². The third-order valence-corrected chi connectivity index (χ3v) is 4.89. The summed E-state index contributed by atoms with van der Waals surface area (Å²) in [6.45, 7) is 6.21. The number of hydrogen-bond donors (Lipinski definition) is 0. The largest absolute Gasteiger partial charge is 0.427 e. The average molecular weight is 265 g/mol. The molecule has 0 fully saturated rings. The Bertz CT molecular complexity index is 459. The molecule has 1 unspecified atom stereocenters. The van der Waals surface area contributed by atoms with Gasteiger partial charge in [-0.15, -0.1) is 0 Å². The SMILES string of the molecule is CC(C)(C)C1=CN2SC3=C(CCCC3)C2C(=O)O1. The van der Waals surface area contributed by atoms with Crippen LogP contribution in [0.3, 0.4) is 0 Å². The summed E-state index contributed by atoms with van der Waals surface area (Å²) in [6.07, 6.45) is 6.65. The predicted molar refractivity (Wildman–Crippen MR) is 72.3 cm³/mol. The molecule has 0 N–H and O–H groups in total. The summed E-state index contributed by atoms with van der Waals surface area (Å²) in [5.74, 6) is 0.679. The van der Waals surface area contributed by atoms with Crippen LogP contribution < -0.4 is 0 Å². The highest BCUT2D eigenvalue weighted by atomic mass is 32.2. The molecule has 0 saturated carbocycles. The molecule has 3 aliphatic rings. The minimum absolute atomic E-state index is 0.0955. The fourth-order valence-electron chi connectivity index (χ4n) is 2.63. The van der Waals surface area contributed by atoms with Gasteiger partial charge in [0.15, 0.2) is 6.04 Å². The zero-order valence-corrected chi connectivity index (χ0v) is 12.0. The van der Waals surface area contributed by atoms with Crippen molar-refractivity contribution in [2.75, 3.05) is 0 Å². The first-order valence-electron chi connectivity index (χ1n) is 6.59. The molecule has 1 aliphatic carbocycles. The van der Waals surface area contributed by atoms with Crippen LogP contribution >= 0.6 is 11.9 Å². The van der Waals surface area contributed by atoms with Crippen molar-refractivity contribution in [2.24, 2.45) is 5.41 Å². The molecule has 0 bridgehead atoms. The Morgan fingerprint density at radius 3 is 2.78 bits per heavy atom. The molecule has 18 heavy (non-hydrogen) atoms. The molecule has 0 saturated heterocycles. The van der Waals surface area contributed by atoms with Gasteiger partial charge < -0.3 is 4.74 Å². The summed E-state index contributed by atoms with van der Waals surface area (Å²) in [5.41, 5.74) is 1.19. The lowest BCUT2D eigenvalue weighted by Crippen LogP contribution is -2.39. The zero-order chi connectivity index (χ0) is 12.9. The normalized spacial score (nSPS) is 27.7. The molecule has 0 aromatic carbocycles. The van der Waals surface area contributed by atoms with E-state index in [2.05, 4.69) is 25.1 Å². The molecule has 0 aromatic rings. The number of esters is 1. The number of ether oxygens (including phenoxy) is 1. The molecule has 1 atom stereocenters. The summed E-state index contributed by atoms with van der Waals surface area (Å²) in [5, 5.41) is 0. The van der Waals surface area contributed by atoms with Crippen molar-refractivity contribution in [3.05, 3.63) is 22.4 Å². The Balaban J connectivity index is 1.93. The Morgan fingerprint density at radius 2 is 2.06 bits per heavy atom. The molecule has 0 spiro atoms. The molecule has 2 aliphatic heterocycles. The van der Waals surface area contributed by atoms with E-state index in [1.165, 1.54) is 23.3 Å². The van der Waals surface area contributed by atoms with Gasteiger partial charge >= 0.3 is 5.97 Å². The van der Waals surface area contributed by atoms with Gasteiger partial charge in [-0.25, -0.2) is 4.79 Å². The van der Waals surface area contributed by atoms with E-state index in [0.29, 0.717) is 0 Å². The fraction of sp³-hybridized carbons (Fsp3) is 0.643. The van der Waals surface area contributed by atoms with Gasteiger partial charge in [0.05, 0.1) is 6.20 Å². The minimum Gasteiger partial charge on any atom is -0.427 e. The topological polar surface area (TPSA) is 29.5 Å². The molecular weight excluding hydrogens is 246 g/mol. The van der Waals surface area contributed by atoms with E-state index in [-0.39, 0.29) is 17.4 Å². The van der Waals surface area contributed by atoms with Crippen molar-refractivity contribution < 1.29 is 9.53 Å². The molecule has 0 aromatic heterocycles. The number of carbonyl (C=O) groups is 1. The Labute approximate surface area is 112 Å². The Morgan fingerprint density at radius 1 is 1.33 bits per heavy atom. The maximum Gasteiger partial charge on any atom is 0.339 e. The van der Waals surface area contributed by atoms with Gasteiger partial charge in [0.25, 0.3) is 0 Å². The number of allylic oxidation sites excluding steroid dienone is 2. The number of fused-ring (bicyclic) bond motifs is 2. The lowest BCUT2D eigenvalue weighted by Gasteiger charge is -2.33. The summed E-state index contributed by atoms with van der Waals surface area (Å²) in [4.78, 5) is 13.6. The molecule has 98 valence electrons. The number of carbonyl (C=O) groups excluding carboxylic acids is 1. The number of nitrogens with zero attached hydrogens (tertiary/aromatic N) is 1. The van der Waals surface area contributed by atoms with Gasteiger partial charge in [0.1, 0.15) is 5.76 Å². The van der Waals surface area contributed by atoms with Crippen LogP contribution in [0.5, 0.6) is 0 Å². The lowest BCUT2D eigenvalue weighted by atomic mass is 9.91. The van der Waals surface area contributed by atoms with Crippen molar-refractivity contribution in [1.82, 2.24) is 4.31 Å². The quantitative estimate of drug-likeness (QED) is 0.494. The van der Waals surface area contributed by atoms with Gasteiger partial charge in [-0.2, -0.15) is 0 Å². The highest BCUT2D eigenvalue weighted by Crippen LogP contribution is 2.48.